The van der Waals surface area contributed by atoms with E-state index in [1.807, 2.05) is 64.1 Å². The van der Waals surface area contributed by atoms with Crippen LogP contribution >= 0.6 is 0 Å². The summed E-state index contributed by atoms with van der Waals surface area (Å²) in [7, 11) is -2.03. The molecule has 29 heavy (non-hydrogen) atoms. The van der Waals surface area contributed by atoms with Gasteiger partial charge in [-0.05, 0) is 56.0 Å². The highest BCUT2D eigenvalue weighted by molar-refractivity contribution is 7.92. The van der Waals surface area contributed by atoms with Crippen LogP contribution in [0.1, 0.15) is 41.6 Å². The Morgan fingerprint density at radius 2 is 1.66 bits per heavy atom. The van der Waals surface area contributed by atoms with Crippen molar-refractivity contribution < 1.29 is 17.9 Å². The normalized spacial score (nSPS) is 12.3. The molecule has 1 atom stereocenters. The van der Waals surface area contributed by atoms with Gasteiger partial charge in [-0.2, -0.15) is 0 Å². The zero-order chi connectivity index (χ0) is 21.8. The van der Waals surface area contributed by atoms with Crippen LogP contribution in [-0.2, 0) is 14.8 Å². The van der Waals surface area contributed by atoms with Crippen molar-refractivity contribution in [3.8, 4) is 5.75 Å². The van der Waals surface area contributed by atoms with E-state index in [9.17, 15) is 13.2 Å². The lowest BCUT2D eigenvalue weighted by Gasteiger charge is -2.27. The Morgan fingerprint density at radius 1 is 1.10 bits per heavy atom. The Morgan fingerprint density at radius 3 is 2.10 bits per heavy atom. The lowest BCUT2D eigenvalue weighted by atomic mass is 10.0. The third-order valence-corrected chi connectivity index (χ3v) is 5.95. The van der Waals surface area contributed by atoms with E-state index in [1.165, 1.54) is 4.31 Å². The van der Waals surface area contributed by atoms with Crippen molar-refractivity contribution >= 4 is 21.6 Å². The van der Waals surface area contributed by atoms with Crippen LogP contribution in [0.2, 0.25) is 0 Å². The van der Waals surface area contributed by atoms with E-state index in [0.717, 1.165) is 34.3 Å². The summed E-state index contributed by atoms with van der Waals surface area (Å²) in [4.78, 5) is 12.8. The third kappa shape index (κ3) is 5.73. The number of ether oxygens (including phenoxy) is 1. The molecule has 6 nitrogen and oxygen atoms in total. The highest BCUT2D eigenvalue weighted by atomic mass is 32.2. The van der Waals surface area contributed by atoms with E-state index in [2.05, 4.69) is 5.32 Å². The van der Waals surface area contributed by atoms with Gasteiger partial charge in [0.15, 0.2) is 0 Å². The number of sulfonamides is 1. The van der Waals surface area contributed by atoms with Crippen LogP contribution in [0.3, 0.4) is 0 Å². The van der Waals surface area contributed by atoms with Gasteiger partial charge in [-0.3, -0.25) is 9.10 Å². The number of carbonyl (C=O) groups excluding carboxylic acids is 1. The molecule has 0 aliphatic rings. The number of hydrogen-bond acceptors (Lipinski definition) is 4. The van der Waals surface area contributed by atoms with Crippen molar-refractivity contribution in [2.75, 3.05) is 24.2 Å². The Hall–Kier alpha value is -2.54. The predicted octanol–water partition coefficient (Wildman–Crippen LogP) is 3.65. The summed E-state index contributed by atoms with van der Waals surface area (Å²) in [6.07, 6.45) is 1.80. The minimum Gasteiger partial charge on any atom is -0.497 e. The predicted molar refractivity (Wildman–Crippen MR) is 117 cm³/mol. The summed E-state index contributed by atoms with van der Waals surface area (Å²) in [5.74, 6) is 0.390. The summed E-state index contributed by atoms with van der Waals surface area (Å²) < 4.78 is 31.3. The Balaban J connectivity index is 2.26. The molecule has 7 heteroatoms. The van der Waals surface area contributed by atoms with E-state index in [1.54, 1.807) is 7.11 Å². The number of hydrogen-bond donors (Lipinski definition) is 1. The first-order valence-corrected chi connectivity index (χ1v) is 11.4. The number of nitrogens with zero attached hydrogens (tertiary/aromatic N) is 1. The van der Waals surface area contributed by atoms with Gasteiger partial charge in [-0.25, -0.2) is 8.42 Å². The molecular weight excluding hydrogens is 388 g/mol. The molecule has 1 amide bonds. The molecule has 0 unspecified atom stereocenters. The molecule has 0 saturated heterocycles. The molecule has 1 N–H and O–H groups in total. The van der Waals surface area contributed by atoms with Crippen LogP contribution in [-0.4, -0.2) is 34.2 Å². The molecule has 0 aromatic heterocycles. The number of benzene rings is 2. The van der Waals surface area contributed by atoms with E-state index >= 15 is 0 Å². The fourth-order valence-electron chi connectivity index (χ4n) is 3.56. The Labute approximate surface area is 173 Å². The van der Waals surface area contributed by atoms with Gasteiger partial charge in [-0.1, -0.05) is 36.8 Å². The van der Waals surface area contributed by atoms with Crippen molar-refractivity contribution in [1.29, 1.82) is 0 Å². The fraction of sp³-hybridized carbons (Fsp3) is 0.409. The summed E-state index contributed by atoms with van der Waals surface area (Å²) in [5, 5.41) is 2.96. The molecule has 158 valence electrons. The van der Waals surface area contributed by atoms with Crippen LogP contribution in [0.25, 0.3) is 0 Å². The zero-order valence-electron chi connectivity index (χ0n) is 17.9. The first-order valence-electron chi connectivity index (χ1n) is 9.55. The average molecular weight is 419 g/mol. The van der Waals surface area contributed by atoms with Crippen LogP contribution < -0.4 is 14.4 Å². The second-order valence-corrected chi connectivity index (χ2v) is 9.23. The van der Waals surface area contributed by atoms with Crippen molar-refractivity contribution in [3.05, 3.63) is 58.7 Å². The number of anilines is 1. The van der Waals surface area contributed by atoms with Crippen LogP contribution in [0.5, 0.6) is 5.75 Å². The minimum atomic E-state index is -3.63. The monoisotopic (exact) mass is 418 g/mol. The molecule has 0 fully saturated rings. The second-order valence-electron chi connectivity index (χ2n) is 7.32. The lowest BCUT2D eigenvalue weighted by molar-refractivity contribution is -0.120. The molecule has 0 aliphatic carbocycles. The summed E-state index contributed by atoms with van der Waals surface area (Å²) in [6, 6.07) is 11.1. The quantitative estimate of drug-likeness (QED) is 0.710. The number of methoxy groups -OCH3 is 1. The molecule has 2 rings (SSSR count). The van der Waals surface area contributed by atoms with Crippen LogP contribution in [0.15, 0.2) is 36.4 Å². The summed E-state index contributed by atoms with van der Waals surface area (Å²) >= 11 is 0. The molecule has 2 aromatic rings. The van der Waals surface area contributed by atoms with Gasteiger partial charge in [0.2, 0.25) is 15.9 Å². The highest BCUT2D eigenvalue weighted by Gasteiger charge is 2.25. The number of carbonyl (C=O) groups is 1. The van der Waals surface area contributed by atoms with Gasteiger partial charge in [0.25, 0.3) is 0 Å². The van der Waals surface area contributed by atoms with Gasteiger partial charge in [0.1, 0.15) is 12.3 Å². The van der Waals surface area contributed by atoms with Crippen molar-refractivity contribution in [2.45, 2.75) is 40.2 Å². The molecule has 0 aliphatic heterocycles. The van der Waals surface area contributed by atoms with Crippen LogP contribution in [0, 0.1) is 20.8 Å². The van der Waals surface area contributed by atoms with Gasteiger partial charge in [0, 0.05) is 0 Å². The van der Waals surface area contributed by atoms with E-state index < -0.39 is 10.0 Å². The van der Waals surface area contributed by atoms with Gasteiger partial charge >= 0.3 is 0 Å². The number of aryl methyl sites for hydroxylation is 3. The third-order valence-electron chi connectivity index (χ3n) is 4.83. The zero-order valence-corrected chi connectivity index (χ0v) is 18.8. The molecule has 0 saturated carbocycles. The maximum Gasteiger partial charge on any atom is 0.241 e. The average Bonchev–Trinajstić information content (AvgIpc) is 2.64. The molecular formula is C22H30N2O4S. The Kier molecular flexibility index (Phi) is 7.30. The van der Waals surface area contributed by atoms with Gasteiger partial charge in [-0.15, -0.1) is 0 Å². The maximum atomic E-state index is 12.8. The number of amides is 1. The largest absolute Gasteiger partial charge is 0.497 e. The second kappa shape index (κ2) is 9.31. The van der Waals surface area contributed by atoms with Crippen molar-refractivity contribution in [1.82, 2.24) is 5.32 Å². The topological polar surface area (TPSA) is 75.7 Å². The number of nitrogens with one attached hydrogen (secondary N) is 1. The Bertz CT molecular complexity index is 946. The van der Waals surface area contributed by atoms with Crippen molar-refractivity contribution in [2.24, 2.45) is 0 Å². The molecule has 0 spiro atoms. The van der Waals surface area contributed by atoms with Gasteiger partial charge < -0.3 is 10.1 Å². The van der Waals surface area contributed by atoms with Crippen molar-refractivity contribution in [3.63, 3.8) is 0 Å². The first-order chi connectivity index (χ1) is 13.6. The summed E-state index contributed by atoms with van der Waals surface area (Å²) in [5.41, 5.74) is 4.19. The highest BCUT2D eigenvalue weighted by Crippen LogP contribution is 2.28. The first kappa shape index (κ1) is 22.7. The SMILES string of the molecule is CC[C@H](NC(=O)CN(c1c(C)cc(C)cc1C)S(C)(=O)=O)c1ccc(OC)cc1. The maximum absolute atomic E-state index is 12.8. The smallest absolute Gasteiger partial charge is 0.241 e. The van der Waals surface area contributed by atoms with Gasteiger partial charge in [0.05, 0.1) is 25.1 Å². The molecule has 0 radical (unpaired) electrons. The standard InChI is InChI=1S/C22H30N2O4S/c1-7-20(18-8-10-19(28-5)11-9-18)23-21(25)14-24(29(6,26)27)22-16(3)12-15(2)13-17(22)4/h8-13,20H,7,14H2,1-6H3,(H,23,25)/t20-/m0/s1. The van der Waals surface area contributed by atoms with Crippen LogP contribution in [0.4, 0.5) is 5.69 Å². The minimum absolute atomic E-state index is 0.213. The fourth-order valence-corrected chi connectivity index (χ4v) is 4.53. The molecule has 0 heterocycles. The summed E-state index contributed by atoms with van der Waals surface area (Å²) in [6.45, 7) is 7.38. The lowest BCUT2D eigenvalue weighted by Crippen LogP contribution is -2.42. The van der Waals surface area contributed by atoms with E-state index in [-0.39, 0.29) is 18.5 Å². The molecule has 0 bridgehead atoms. The van der Waals surface area contributed by atoms with E-state index in [0.29, 0.717) is 12.1 Å². The number of rotatable bonds is 8. The van der Waals surface area contributed by atoms with E-state index in [4.69, 9.17) is 4.74 Å². The molecule has 2 aromatic carbocycles.